The van der Waals surface area contributed by atoms with Gasteiger partial charge in [0.15, 0.2) is 0 Å². The van der Waals surface area contributed by atoms with Gasteiger partial charge in [-0.1, -0.05) is 36.4 Å². The number of carbonyl (C=O) groups excluding carboxylic acids is 1. The van der Waals surface area contributed by atoms with Crippen molar-refractivity contribution in [1.29, 1.82) is 5.26 Å². The van der Waals surface area contributed by atoms with Crippen molar-refractivity contribution in [2.75, 3.05) is 9.62 Å². The highest BCUT2D eigenvalue weighted by atomic mass is 32.2. The van der Waals surface area contributed by atoms with Crippen LogP contribution in [0.3, 0.4) is 0 Å². The van der Waals surface area contributed by atoms with Crippen molar-refractivity contribution in [3.63, 3.8) is 0 Å². The van der Waals surface area contributed by atoms with Crippen LogP contribution in [0.25, 0.3) is 0 Å². The zero-order valence-electron chi connectivity index (χ0n) is 15.7. The van der Waals surface area contributed by atoms with Crippen LogP contribution in [0.1, 0.15) is 11.1 Å². The summed E-state index contributed by atoms with van der Waals surface area (Å²) in [5.74, 6) is 0.335. The highest BCUT2D eigenvalue weighted by molar-refractivity contribution is 7.92. The Morgan fingerprint density at radius 3 is 2.33 bits per heavy atom. The predicted octanol–water partition coefficient (Wildman–Crippen LogP) is 4.01. The fraction of sp³-hybridized carbons (Fsp3) is 0.0476. The molecule has 0 heterocycles. The molecule has 0 bridgehead atoms. The van der Waals surface area contributed by atoms with E-state index in [9.17, 15) is 18.5 Å². The molecule has 2 amide bonds. The van der Waals surface area contributed by atoms with E-state index in [0.717, 1.165) is 5.56 Å². The maximum Gasteiger partial charge on any atom is 0.323 e. The lowest BCUT2D eigenvalue weighted by atomic mass is 10.1. The van der Waals surface area contributed by atoms with Crippen LogP contribution in [-0.2, 0) is 15.8 Å². The van der Waals surface area contributed by atoms with E-state index in [4.69, 9.17) is 5.73 Å². The topological polar surface area (TPSA) is 116 Å². The fourth-order valence-electron chi connectivity index (χ4n) is 2.92. The van der Waals surface area contributed by atoms with E-state index in [1.165, 1.54) is 35.2 Å². The summed E-state index contributed by atoms with van der Waals surface area (Å²) < 4.78 is 28.2. The molecular formula is C21H18N4O3S2. The number of benzene rings is 3. The zero-order chi connectivity index (χ0) is 21.7. The molecule has 0 aromatic heterocycles. The third-order valence-corrected chi connectivity index (χ3v) is 6.01. The summed E-state index contributed by atoms with van der Waals surface area (Å²) >= 11 is 4.30. The van der Waals surface area contributed by atoms with Crippen molar-refractivity contribution < 1.29 is 13.2 Å². The minimum atomic E-state index is -3.97. The standard InChI is InChI=1S/C21H18N4O3S2/c22-13-15-10-11-20(25(21(23)26)19-9-5-4-6-16(19)14-29)18(12-15)24-30(27,28)17-7-2-1-3-8-17/h1-12,24,29H,14H2,(H2,23,26). The Bertz CT molecular complexity index is 1220. The van der Waals surface area contributed by atoms with Gasteiger partial charge in [0.05, 0.1) is 33.6 Å². The van der Waals surface area contributed by atoms with Gasteiger partial charge in [-0.2, -0.15) is 17.9 Å². The van der Waals surface area contributed by atoms with Crippen molar-refractivity contribution >= 4 is 45.7 Å². The first-order valence-corrected chi connectivity index (χ1v) is 10.9. The molecule has 3 rings (SSSR count). The lowest BCUT2D eigenvalue weighted by Gasteiger charge is -2.26. The Kier molecular flexibility index (Phi) is 6.30. The second-order valence-electron chi connectivity index (χ2n) is 6.22. The highest BCUT2D eigenvalue weighted by Crippen LogP contribution is 2.36. The number of thiol groups is 1. The minimum Gasteiger partial charge on any atom is -0.351 e. The molecule has 3 N–H and O–H groups in total. The van der Waals surface area contributed by atoms with E-state index >= 15 is 0 Å². The van der Waals surface area contributed by atoms with Crippen molar-refractivity contribution in [1.82, 2.24) is 0 Å². The quantitative estimate of drug-likeness (QED) is 0.504. The molecule has 0 atom stereocenters. The van der Waals surface area contributed by atoms with Crippen LogP contribution in [0.4, 0.5) is 21.9 Å². The van der Waals surface area contributed by atoms with Gasteiger partial charge in [0.2, 0.25) is 0 Å². The average molecular weight is 439 g/mol. The molecule has 0 aliphatic carbocycles. The Balaban J connectivity index is 2.17. The van der Waals surface area contributed by atoms with Gasteiger partial charge >= 0.3 is 6.03 Å². The maximum atomic E-state index is 12.9. The Morgan fingerprint density at radius 1 is 1.03 bits per heavy atom. The minimum absolute atomic E-state index is 0.0414. The molecule has 0 spiro atoms. The summed E-state index contributed by atoms with van der Waals surface area (Å²) in [6.45, 7) is 0. The number of carbonyl (C=O) groups is 1. The molecule has 7 nitrogen and oxygen atoms in total. The van der Waals surface area contributed by atoms with Crippen LogP contribution in [0.2, 0.25) is 0 Å². The molecule has 0 aliphatic heterocycles. The number of primary amides is 1. The number of hydrogen-bond acceptors (Lipinski definition) is 5. The molecule has 0 fully saturated rings. The summed E-state index contributed by atoms with van der Waals surface area (Å²) in [5.41, 5.74) is 7.30. The van der Waals surface area contributed by atoms with Crippen LogP contribution < -0.4 is 15.4 Å². The van der Waals surface area contributed by atoms with Gasteiger partial charge < -0.3 is 5.73 Å². The number of nitrogens with one attached hydrogen (secondary N) is 1. The Hall–Kier alpha value is -3.48. The van der Waals surface area contributed by atoms with Crippen LogP contribution in [0, 0.1) is 11.3 Å². The van der Waals surface area contributed by atoms with Gasteiger partial charge in [0.1, 0.15) is 0 Å². The van der Waals surface area contributed by atoms with Gasteiger partial charge in [-0.25, -0.2) is 13.2 Å². The normalized spacial score (nSPS) is 10.8. The van der Waals surface area contributed by atoms with E-state index in [1.807, 2.05) is 6.07 Å². The van der Waals surface area contributed by atoms with E-state index < -0.39 is 16.1 Å². The van der Waals surface area contributed by atoms with Gasteiger partial charge in [-0.15, -0.1) is 0 Å². The lowest BCUT2D eigenvalue weighted by Crippen LogP contribution is -2.33. The molecule has 3 aromatic rings. The number of nitriles is 1. The number of rotatable bonds is 6. The summed E-state index contributed by atoms with van der Waals surface area (Å²) in [4.78, 5) is 13.6. The Labute approximate surface area is 180 Å². The first kappa shape index (κ1) is 21.2. The monoisotopic (exact) mass is 438 g/mol. The third kappa shape index (κ3) is 4.40. The van der Waals surface area contributed by atoms with E-state index in [1.54, 1.807) is 42.5 Å². The molecule has 152 valence electrons. The summed E-state index contributed by atoms with van der Waals surface area (Å²) in [7, 11) is -3.97. The van der Waals surface area contributed by atoms with Crippen molar-refractivity contribution in [3.05, 3.63) is 83.9 Å². The second-order valence-corrected chi connectivity index (χ2v) is 8.22. The van der Waals surface area contributed by atoms with Crippen LogP contribution >= 0.6 is 12.6 Å². The van der Waals surface area contributed by atoms with Crippen molar-refractivity contribution in [2.24, 2.45) is 5.73 Å². The van der Waals surface area contributed by atoms with E-state index in [2.05, 4.69) is 17.4 Å². The van der Waals surface area contributed by atoms with Gasteiger partial charge in [0, 0.05) is 5.75 Å². The highest BCUT2D eigenvalue weighted by Gasteiger charge is 2.24. The van der Waals surface area contributed by atoms with Gasteiger partial charge in [-0.3, -0.25) is 9.62 Å². The van der Waals surface area contributed by atoms with Crippen LogP contribution in [0.15, 0.2) is 77.7 Å². The molecule has 0 aliphatic rings. The third-order valence-electron chi connectivity index (χ3n) is 4.29. The predicted molar refractivity (Wildman–Crippen MR) is 119 cm³/mol. The van der Waals surface area contributed by atoms with Crippen molar-refractivity contribution in [2.45, 2.75) is 10.6 Å². The van der Waals surface area contributed by atoms with E-state index in [-0.39, 0.29) is 21.8 Å². The fourth-order valence-corrected chi connectivity index (χ4v) is 4.27. The number of urea groups is 1. The number of hydrogen-bond donors (Lipinski definition) is 3. The smallest absolute Gasteiger partial charge is 0.323 e. The maximum absolute atomic E-state index is 12.9. The Morgan fingerprint density at radius 2 is 1.70 bits per heavy atom. The second kappa shape index (κ2) is 8.90. The molecule has 0 saturated carbocycles. The average Bonchev–Trinajstić information content (AvgIpc) is 2.75. The van der Waals surface area contributed by atoms with Gasteiger partial charge in [-0.05, 0) is 42.0 Å². The number of nitrogens with zero attached hydrogens (tertiary/aromatic N) is 2. The molecule has 30 heavy (non-hydrogen) atoms. The van der Waals surface area contributed by atoms with Crippen molar-refractivity contribution in [3.8, 4) is 6.07 Å². The number of anilines is 3. The number of para-hydroxylation sites is 1. The summed E-state index contributed by atoms with van der Waals surface area (Å²) in [5, 5.41) is 9.27. The largest absolute Gasteiger partial charge is 0.351 e. The molecule has 0 unspecified atom stereocenters. The molecule has 9 heteroatoms. The molecular weight excluding hydrogens is 420 g/mol. The summed E-state index contributed by atoms with van der Waals surface area (Å²) in [6.07, 6.45) is 0. The van der Waals surface area contributed by atoms with Crippen LogP contribution in [0.5, 0.6) is 0 Å². The first-order valence-electron chi connectivity index (χ1n) is 8.77. The molecule has 0 radical (unpaired) electrons. The molecule has 3 aromatic carbocycles. The first-order chi connectivity index (χ1) is 14.4. The number of sulfonamides is 1. The number of nitrogens with two attached hydrogens (primary N) is 1. The summed E-state index contributed by atoms with van der Waals surface area (Å²) in [6, 6.07) is 20.2. The SMILES string of the molecule is N#Cc1ccc(N(C(N)=O)c2ccccc2CS)c(NS(=O)(=O)c2ccccc2)c1. The molecule has 0 saturated heterocycles. The number of amides is 2. The van der Waals surface area contributed by atoms with Gasteiger partial charge in [0.25, 0.3) is 10.0 Å². The van der Waals surface area contributed by atoms with Crippen LogP contribution in [-0.4, -0.2) is 14.4 Å². The van der Waals surface area contributed by atoms with E-state index in [0.29, 0.717) is 11.4 Å². The lowest BCUT2D eigenvalue weighted by molar-refractivity contribution is 0.256. The zero-order valence-corrected chi connectivity index (χ0v) is 17.4.